The number of carbonyl (C=O) groups excluding carboxylic acids is 2. The highest BCUT2D eigenvalue weighted by molar-refractivity contribution is 5.91. The van der Waals surface area contributed by atoms with Crippen LogP contribution in [0.15, 0.2) is 23.8 Å². The van der Waals surface area contributed by atoms with E-state index < -0.39 is 0 Å². The van der Waals surface area contributed by atoms with Crippen LogP contribution in [0.3, 0.4) is 0 Å². The Labute approximate surface area is 166 Å². The Hall–Kier alpha value is -1.86. The molecule has 0 N–H and O–H groups in total. The summed E-state index contributed by atoms with van der Waals surface area (Å²) in [5.74, 6) is -0.340. The lowest BCUT2D eigenvalue weighted by Gasteiger charge is -2.31. The summed E-state index contributed by atoms with van der Waals surface area (Å²) in [4.78, 5) is 28.4. The van der Waals surface area contributed by atoms with Crippen LogP contribution in [0.1, 0.15) is 32.6 Å². The maximum absolute atomic E-state index is 12.4. The lowest BCUT2D eigenvalue weighted by atomic mass is 9.84. The molecule has 0 aromatic rings. The van der Waals surface area contributed by atoms with Gasteiger partial charge in [-0.3, -0.25) is 0 Å². The molecule has 0 aromatic carbocycles. The second-order valence-electron chi connectivity index (χ2n) is 8.64. The zero-order valence-electron chi connectivity index (χ0n) is 16.8. The highest BCUT2D eigenvalue weighted by atomic mass is 16.6. The predicted octanol–water partition coefficient (Wildman–Crippen LogP) is 2.13. The van der Waals surface area contributed by atoms with Crippen molar-refractivity contribution in [3.05, 3.63) is 23.8 Å². The Balaban J connectivity index is 1.38. The van der Waals surface area contributed by atoms with Gasteiger partial charge in [-0.1, -0.05) is 12.7 Å². The van der Waals surface area contributed by atoms with Crippen molar-refractivity contribution in [2.24, 2.45) is 5.92 Å². The lowest BCUT2D eigenvalue weighted by molar-refractivity contribution is -0.140. The minimum Gasteiger partial charge on any atom is -0.455 e. The summed E-state index contributed by atoms with van der Waals surface area (Å²) in [6.45, 7) is 9.46. The van der Waals surface area contributed by atoms with E-state index in [2.05, 4.69) is 31.5 Å². The number of carbonyl (C=O) groups is 2. The van der Waals surface area contributed by atoms with Crippen LogP contribution in [0, 0.1) is 5.92 Å². The van der Waals surface area contributed by atoms with Crippen LogP contribution in [0.25, 0.3) is 0 Å². The van der Waals surface area contributed by atoms with Gasteiger partial charge in [0.15, 0.2) is 0 Å². The summed E-state index contributed by atoms with van der Waals surface area (Å²) in [6, 6.07) is 0. The normalized spacial score (nSPS) is 38.0. The standard InChI is InChI=1S/C21H30N2O5/c1-14-16-7-6-15(13-26-20(25)23-11-9-22(3)10-12-23)5-4-8-21(2)18(28-21)17(16)27-19(14)24/h5,16-18H,1,4,6-13H2,2-3H3/b15-5+/t16-,17-,18-,21+/m0/s1. The molecule has 3 fully saturated rings. The van der Waals surface area contributed by atoms with Gasteiger partial charge < -0.3 is 24.0 Å². The molecule has 0 bridgehead atoms. The van der Waals surface area contributed by atoms with Crippen LogP contribution in [-0.4, -0.2) is 79.5 Å². The van der Waals surface area contributed by atoms with Crippen LogP contribution < -0.4 is 0 Å². The zero-order valence-corrected chi connectivity index (χ0v) is 16.8. The number of likely N-dealkylation sites (N-methyl/N-ethyl adjacent to an activating group) is 1. The van der Waals surface area contributed by atoms with E-state index in [1.165, 1.54) is 0 Å². The van der Waals surface area contributed by atoms with Crippen molar-refractivity contribution in [3.8, 4) is 0 Å². The van der Waals surface area contributed by atoms with Gasteiger partial charge in [-0.25, -0.2) is 9.59 Å². The van der Waals surface area contributed by atoms with E-state index in [-0.39, 0.29) is 35.8 Å². The molecule has 4 rings (SSSR count). The van der Waals surface area contributed by atoms with E-state index in [1.54, 1.807) is 4.90 Å². The van der Waals surface area contributed by atoms with Gasteiger partial charge in [0.1, 0.15) is 18.8 Å². The molecule has 7 nitrogen and oxygen atoms in total. The van der Waals surface area contributed by atoms with E-state index >= 15 is 0 Å². The number of epoxide rings is 1. The highest BCUT2D eigenvalue weighted by Gasteiger charge is 2.61. The molecule has 3 aliphatic heterocycles. The number of esters is 1. The van der Waals surface area contributed by atoms with Crippen molar-refractivity contribution in [1.29, 1.82) is 0 Å². The van der Waals surface area contributed by atoms with Crippen LogP contribution in [-0.2, 0) is 19.0 Å². The zero-order chi connectivity index (χ0) is 19.9. The van der Waals surface area contributed by atoms with E-state index in [1.807, 2.05) is 0 Å². The fraction of sp³-hybridized carbons (Fsp3) is 0.714. The summed E-state index contributed by atoms with van der Waals surface area (Å²) >= 11 is 0. The molecule has 3 heterocycles. The molecular weight excluding hydrogens is 360 g/mol. The van der Waals surface area contributed by atoms with Crippen molar-refractivity contribution < 1.29 is 23.8 Å². The number of hydrogen-bond donors (Lipinski definition) is 0. The third-order valence-corrected chi connectivity index (χ3v) is 6.58. The van der Waals surface area contributed by atoms with Gasteiger partial charge in [0, 0.05) is 37.7 Å². The Morgan fingerprint density at radius 1 is 1.36 bits per heavy atom. The maximum Gasteiger partial charge on any atom is 0.410 e. The molecular formula is C21H30N2O5. The average Bonchev–Trinajstić information content (AvgIpc) is 3.26. The first-order chi connectivity index (χ1) is 13.4. The Morgan fingerprint density at radius 3 is 2.86 bits per heavy atom. The van der Waals surface area contributed by atoms with Crippen LogP contribution in [0.2, 0.25) is 0 Å². The van der Waals surface area contributed by atoms with Gasteiger partial charge in [0.25, 0.3) is 0 Å². The second kappa shape index (κ2) is 7.52. The maximum atomic E-state index is 12.4. The van der Waals surface area contributed by atoms with E-state index in [4.69, 9.17) is 14.2 Å². The molecule has 0 saturated carbocycles. The number of nitrogens with zero attached hydrogens (tertiary/aromatic N) is 2. The highest BCUT2D eigenvalue weighted by Crippen LogP contribution is 2.49. The number of fused-ring (bicyclic) bond motifs is 3. The van der Waals surface area contributed by atoms with Crippen molar-refractivity contribution in [3.63, 3.8) is 0 Å². The van der Waals surface area contributed by atoms with Crippen molar-refractivity contribution >= 4 is 12.1 Å². The van der Waals surface area contributed by atoms with Crippen molar-refractivity contribution in [1.82, 2.24) is 9.80 Å². The molecule has 1 aliphatic carbocycles. The topological polar surface area (TPSA) is 71.6 Å². The van der Waals surface area contributed by atoms with Gasteiger partial charge in [-0.2, -0.15) is 0 Å². The summed E-state index contributed by atoms with van der Waals surface area (Å²) in [5.41, 5.74) is 1.39. The number of amides is 1. The van der Waals surface area contributed by atoms with Gasteiger partial charge in [0.2, 0.25) is 0 Å². The minimum absolute atomic E-state index is 0.0332. The van der Waals surface area contributed by atoms with Crippen LogP contribution >= 0.6 is 0 Å². The fourth-order valence-corrected chi connectivity index (χ4v) is 4.49. The summed E-state index contributed by atoms with van der Waals surface area (Å²) in [5, 5.41) is 0. The first kappa shape index (κ1) is 19.5. The molecule has 3 saturated heterocycles. The van der Waals surface area contributed by atoms with E-state index in [0.29, 0.717) is 25.3 Å². The third kappa shape index (κ3) is 3.82. The van der Waals surface area contributed by atoms with E-state index in [9.17, 15) is 9.59 Å². The second-order valence-corrected chi connectivity index (χ2v) is 8.64. The van der Waals surface area contributed by atoms with Crippen LogP contribution in [0.5, 0.6) is 0 Å². The quantitative estimate of drug-likeness (QED) is 0.311. The number of hydrogen-bond acceptors (Lipinski definition) is 6. The summed E-state index contributed by atoms with van der Waals surface area (Å²) in [6.07, 6.45) is 4.89. The van der Waals surface area contributed by atoms with Crippen molar-refractivity contribution in [2.75, 3.05) is 39.8 Å². The number of rotatable bonds is 2. The Bertz CT molecular complexity index is 697. The predicted molar refractivity (Wildman–Crippen MR) is 103 cm³/mol. The fourth-order valence-electron chi connectivity index (χ4n) is 4.49. The lowest BCUT2D eigenvalue weighted by Crippen LogP contribution is -2.47. The SMILES string of the molecule is C=C1C(=O)O[C@H]2[C@H]1CC/C(COC(=O)N1CCN(C)CC1)=C\CC[C@@]1(C)O[C@@H]21. The first-order valence-corrected chi connectivity index (χ1v) is 10.2. The third-order valence-electron chi connectivity index (χ3n) is 6.58. The first-order valence-electron chi connectivity index (χ1n) is 10.2. The molecule has 0 spiro atoms. The molecule has 154 valence electrons. The molecule has 7 heteroatoms. The van der Waals surface area contributed by atoms with Crippen LogP contribution in [0.4, 0.5) is 4.79 Å². The molecule has 0 aromatic heterocycles. The molecule has 4 atom stereocenters. The molecule has 4 aliphatic rings. The molecule has 28 heavy (non-hydrogen) atoms. The molecule has 0 radical (unpaired) electrons. The van der Waals surface area contributed by atoms with E-state index in [0.717, 1.165) is 44.3 Å². The van der Waals surface area contributed by atoms with Gasteiger partial charge in [-0.05, 0) is 45.2 Å². The monoisotopic (exact) mass is 390 g/mol. The number of piperazine rings is 1. The summed E-state index contributed by atoms with van der Waals surface area (Å²) in [7, 11) is 2.06. The van der Waals surface area contributed by atoms with Gasteiger partial charge in [-0.15, -0.1) is 0 Å². The number of ether oxygens (including phenoxy) is 3. The number of allylic oxidation sites excluding steroid dienone is 1. The van der Waals surface area contributed by atoms with Gasteiger partial charge >= 0.3 is 12.1 Å². The Kier molecular flexibility index (Phi) is 5.22. The minimum atomic E-state index is -0.306. The molecule has 1 amide bonds. The molecule has 0 unspecified atom stereocenters. The average molecular weight is 390 g/mol. The smallest absolute Gasteiger partial charge is 0.410 e. The van der Waals surface area contributed by atoms with Crippen molar-refractivity contribution in [2.45, 2.75) is 50.4 Å². The van der Waals surface area contributed by atoms with Gasteiger partial charge in [0.05, 0.1) is 5.60 Å². The Morgan fingerprint density at radius 2 is 2.11 bits per heavy atom. The largest absolute Gasteiger partial charge is 0.455 e. The summed E-state index contributed by atoms with van der Waals surface area (Å²) < 4.78 is 17.1.